The van der Waals surface area contributed by atoms with Gasteiger partial charge in [0.05, 0.1) is 13.2 Å². The number of likely N-dealkylation sites (tertiary alicyclic amines) is 1. The zero-order valence-electron chi connectivity index (χ0n) is 11.1. The van der Waals surface area contributed by atoms with Gasteiger partial charge in [-0.2, -0.15) is 5.26 Å². The van der Waals surface area contributed by atoms with Crippen LogP contribution in [-0.4, -0.2) is 41.8 Å². The van der Waals surface area contributed by atoms with Crippen LogP contribution >= 0.6 is 0 Å². The minimum Gasteiger partial charge on any atom is -0.467 e. The average molecular weight is 254 g/mol. The quantitative estimate of drug-likeness (QED) is 0.662. The van der Waals surface area contributed by atoms with E-state index in [1.807, 2.05) is 6.07 Å². The summed E-state index contributed by atoms with van der Waals surface area (Å²) in [5.74, 6) is -0.515. The Labute approximate surface area is 106 Å². The van der Waals surface area contributed by atoms with Crippen molar-refractivity contribution in [1.82, 2.24) is 4.90 Å². The van der Waals surface area contributed by atoms with E-state index in [2.05, 4.69) is 4.74 Å². The predicted molar refractivity (Wildman–Crippen MR) is 62.5 cm³/mol. The lowest BCUT2D eigenvalue weighted by molar-refractivity contribution is -0.145. The number of hydrogen-bond acceptors (Lipinski definition) is 5. The molecule has 0 spiro atoms. The summed E-state index contributed by atoms with van der Waals surface area (Å²) in [4.78, 5) is 24.8. The number of carbonyl (C=O) groups excluding carboxylic acids is 2. The number of ether oxygens (including phenoxy) is 2. The van der Waals surface area contributed by atoms with Crippen molar-refractivity contribution in [3.8, 4) is 6.07 Å². The normalized spacial score (nSPS) is 23.4. The van der Waals surface area contributed by atoms with Gasteiger partial charge in [-0.15, -0.1) is 0 Å². The molecule has 6 nitrogen and oxygen atoms in total. The topological polar surface area (TPSA) is 79.6 Å². The van der Waals surface area contributed by atoms with E-state index in [0.29, 0.717) is 12.8 Å². The summed E-state index contributed by atoms with van der Waals surface area (Å²) in [6.45, 7) is 5.19. The Hall–Kier alpha value is -1.77. The Bertz CT molecular complexity index is 381. The molecule has 2 atom stereocenters. The number of rotatable bonds is 1. The van der Waals surface area contributed by atoms with E-state index in [1.54, 1.807) is 20.8 Å². The molecule has 0 N–H and O–H groups in total. The molecule has 1 amide bonds. The molecule has 1 aliphatic rings. The van der Waals surface area contributed by atoms with Gasteiger partial charge in [0.15, 0.2) is 0 Å². The van der Waals surface area contributed by atoms with Crippen LogP contribution in [0.1, 0.15) is 33.6 Å². The summed E-state index contributed by atoms with van der Waals surface area (Å²) in [5.41, 5.74) is -0.666. The van der Waals surface area contributed by atoms with Crippen LogP contribution in [0, 0.1) is 11.3 Å². The fourth-order valence-corrected chi connectivity index (χ4v) is 1.87. The van der Waals surface area contributed by atoms with Crippen molar-refractivity contribution in [1.29, 1.82) is 5.26 Å². The van der Waals surface area contributed by atoms with Crippen LogP contribution < -0.4 is 0 Å². The Morgan fingerprint density at radius 1 is 1.33 bits per heavy atom. The van der Waals surface area contributed by atoms with Gasteiger partial charge in [-0.1, -0.05) is 0 Å². The van der Waals surface area contributed by atoms with Crippen LogP contribution in [0.2, 0.25) is 0 Å². The van der Waals surface area contributed by atoms with Gasteiger partial charge in [0.25, 0.3) is 0 Å². The molecule has 1 aliphatic heterocycles. The molecule has 1 heterocycles. The molecule has 0 aliphatic carbocycles. The van der Waals surface area contributed by atoms with Gasteiger partial charge in [-0.25, -0.2) is 9.59 Å². The molecule has 1 saturated heterocycles. The summed E-state index contributed by atoms with van der Waals surface area (Å²) in [6.07, 6.45) is 0.224. The first-order valence-corrected chi connectivity index (χ1v) is 5.79. The Kier molecular flexibility index (Phi) is 4.17. The zero-order valence-corrected chi connectivity index (χ0v) is 11.1. The van der Waals surface area contributed by atoms with Gasteiger partial charge >= 0.3 is 12.1 Å². The first kappa shape index (κ1) is 14.3. The lowest BCUT2D eigenvalue weighted by Crippen LogP contribution is -2.47. The van der Waals surface area contributed by atoms with Crippen LogP contribution in [0.3, 0.4) is 0 Å². The van der Waals surface area contributed by atoms with Crippen molar-refractivity contribution in [3.05, 3.63) is 0 Å². The largest absolute Gasteiger partial charge is 0.467 e. The lowest BCUT2D eigenvalue weighted by atomic mass is 10.2. The lowest BCUT2D eigenvalue weighted by Gasteiger charge is -2.29. The highest BCUT2D eigenvalue weighted by Gasteiger charge is 2.43. The molecular weight excluding hydrogens is 236 g/mol. The molecule has 6 heteroatoms. The molecule has 1 unspecified atom stereocenters. The summed E-state index contributed by atoms with van der Waals surface area (Å²) in [5, 5.41) is 9.00. The third-order valence-corrected chi connectivity index (χ3v) is 2.61. The van der Waals surface area contributed by atoms with Crippen molar-refractivity contribution in [2.75, 3.05) is 7.11 Å². The summed E-state index contributed by atoms with van der Waals surface area (Å²) in [7, 11) is 1.26. The molecule has 0 bridgehead atoms. The van der Waals surface area contributed by atoms with Gasteiger partial charge in [0.2, 0.25) is 0 Å². The molecule has 0 aromatic rings. The van der Waals surface area contributed by atoms with E-state index in [4.69, 9.17) is 10.00 Å². The van der Waals surface area contributed by atoms with Crippen molar-refractivity contribution in [3.63, 3.8) is 0 Å². The maximum Gasteiger partial charge on any atom is 0.412 e. The van der Waals surface area contributed by atoms with E-state index < -0.39 is 29.7 Å². The first-order valence-electron chi connectivity index (χ1n) is 5.79. The molecule has 0 aromatic heterocycles. The highest BCUT2D eigenvalue weighted by atomic mass is 16.6. The highest BCUT2D eigenvalue weighted by molar-refractivity contribution is 5.82. The minimum atomic E-state index is -0.727. The van der Waals surface area contributed by atoms with Gasteiger partial charge in [-0.05, 0) is 33.6 Å². The van der Waals surface area contributed by atoms with Crippen molar-refractivity contribution < 1.29 is 19.1 Å². The highest BCUT2D eigenvalue weighted by Crippen LogP contribution is 2.26. The molecular formula is C12H18N2O4. The second kappa shape index (κ2) is 5.25. The van der Waals surface area contributed by atoms with Gasteiger partial charge in [0, 0.05) is 0 Å². The third kappa shape index (κ3) is 3.13. The molecule has 0 radical (unpaired) electrons. The standard InChI is InChI=1S/C12H18N2O4/c1-12(2,3)18-11(16)14-8(7-13)5-6-9(14)10(15)17-4/h8-9H,5-6H2,1-4H3/t8?,9-/m0/s1. The maximum absolute atomic E-state index is 12.0. The molecule has 1 rings (SSSR count). The van der Waals surface area contributed by atoms with Crippen molar-refractivity contribution in [2.45, 2.75) is 51.3 Å². The van der Waals surface area contributed by atoms with E-state index in [-0.39, 0.29) is 0 Å². The fraction of sp³-hybridized carbons (Fsp3) is 0.750. The van der Waals surface area contributed by atoms with E-state index in [9.17, 15) is 9.59 Å². The van der Waals surface area contributed by atoms with Gasteiger partial charge in [-0.3, -0.25) is 4.90 Å². The van der Waals surface area contributed by atoms with E-state index >= 15 is 0 Å². The van der Waals surface area contributed by atoms with Crippen molar-refractivity contribution in [2.24, 2.45) is 0 Å². The van der Waals surface area contributed by atoms with Gasteiger partial charge < -0.3 is 9.47 Å². The maximum atomic E-state index is 12.0. The van der Waals surface area contributed by atoms with Crippen LogP contribution in [-0.2, 0) is 14.3 Å². The first-order chi connectivity index (χ1) is 8.30. The smallest absolute Gasteiger partial charge is 0.412 e. The summed E-state index contributed by atoms with van der Waals surface area (Å²) >= 11 is 0. The number of methoxy groups -OCH3 is 1. The molecule has 1 fully saturated rings. The number of amides is 1. The number of nitriles is 1. The van der Waals surface area contributed by atoms with E-state index in [0.717, 1.165) is 0 Å². The molecule has 0 aromatic carbocycles. The number of hydrogen-bond donors (Lipinski definition) is 0. The number of esters is 1. The number of nitrogens with zero attached hydrogens (tertiary/aromatic N) is 2. The van der Waals surface area contributed by atoms with Crippen LogP contribution in [0.25, 0.3) is 0 Å². The second-order valence-corrected chi connectivity index (χ2v) is 5.15. The monoisotopic (exact) mass is 254 g/mol. The zero-order chi connectivity index (χ0) is 13.9. The number of carbonyl (C=O) groups is 2. The van der Waals surface area contributed by atoms with Crippen LogP contribution in [0.5, 0.6) is 0 Å². The second-order valence-electron chi connectivity index (χ2n) is 5.15. The molecule has 0 saturated carbocycles. The summed E-state index contributed by atoms with van der Waals surface area (Å²) < 4.78 is 9.85. The average Bonchev–Trinajstić information content (AvgIpc) is 2.69. The predicted octanol–water partition coefficient (Wildman–Crippen LogP) is 1.45. The minimum absolute atomic E-state index is 0.421. The Balaban J connectivity index is 2.88. The molecule has 100 valence electrons. The summed E-state index contributed by atoms with van der Waals surface area (Å²) in [6, 6.07) is 0.644. The molecule has 18 heavy (non-hydrogen) atoms. The van der Waals surface area contributed by atoms with Crippen molar-refractivity contribution >= 4 is 12.1 Å². The fourth-order valence-electron chi connectivity index (χ4n) is 1.87. The Morgan fingerprint density at radius 3 is 2.39 bits per heavy atom. The van der Waals surface area contributed by atoms with Crippen LogP contribution in [0.4, 0.5) is 4.79 Å². The van der Waals surface area contributed by atoms with Crippen LogP contribution in [0.15, 0.2) is 0 Å². The van der Waals surface area contributed by atoms with Gasteiger partial charge in [0.1, 0.15) is 17.7 Å². The Morgan fingerprint density at radius 2 is 1.94 bits per heavy atom. The third-order valence-electron chi connectivity index (χ3n) is 2.61. The SMILES string of the molecule is COC(=O)[C@@H]1CCC(C#N)N1C(=O)OC(C)(C)C. The van der Waals surface area contributed by atoms with E-state index in [1.165, 1.54) is 12.0 Å².